The maximum Gasteiger partial charge on any atom is 0.165 e. The number of fused-ring (bicyclic) bond motifs is 1. The summed E-state index contributed by atoms with van der Waals surface area (Å²) in [6.45, 7) is 1.82. The zero-order chi connectivity index (χ0) is 13.6. The summed E-state index contributed by atoms with van der Waals surface area (Å²) in [4.78, 5) is 4.39. The van der Waals surface area contributed by atoms with Gasteiger partial charge in [-0.2, -0.15) is 0 Å². The Hall–Kier alpha value is -2.07. The van der Waals surface area contributed by atoms with E-state index in [1.54, 1.807) is 28.8 Å². The van der Waals surface area contributed by atoms with Gasteiger partial charge in [0.15, 0.2) is 5.82 Å². The molecule has 3 aromatic rings. The minimum absolute atomic E-state index is 0.0918. The van der Waals surface area contributed by atoms with E-state index in [4.69, 9.17) is 17.3 Å². The number of imidazole rings is 1. The maximum atomic E-state index is 14.1. The Morgan fingerprint density at radius 2 is 2.05 bits per heavy atom. The van der Waals surface area contributed by atoms with Gasteiger partial charge in [-0.3, -0.25) is 4.57 Å². The van der Waals surface area contributed by atoms with Crippen molar-refractivity contribution in [2.24, 2.45) is 0 Å². The second-order valence-corrected chi connectivity index (χ2v) is 4.72. The molecule has 0 fully saturated rings. The van der Waals surface area contributed by atoms with Crippen molar-refractivity contribution in [3.63, 3.8) is 0 Å². The van der Waals surface area contributed by atoms with Crippen molar-refractivity contribution in [1.29, 1.82) is 0 Å². The summed E-state index contributed by atoms with van der Waals surface area (Å²) in [7, 11) is 0. The first kappa shape index (κ1) is 12.0. The van der Waals surface area contributed by atoms with Crippen LogP contribution in [0.4, 0.5) is 10.1 Å². The fraction of sp³-hybridized carbons (Fsp3) is 0.0714. The van der Waals surface area contributed by atoms with E-state index in [9.17, 15) is 4.39 Å². The molecule has 0 aliphatic heterocycles. The second-order valence-electron chi connectivity index (χ2n) is 4.32. The lowest BCUT2D eigenvalue weighted by atomic mass is 10.2. The van der Waals surface area contributed by atoms with Gasteiger partial charge < -0.3 is 5.73 Å². The van der Waals surface area contributed by atoms with Gasteiger partial charge in [-0.1, -0.05) is 17.7 Å². The summed E-state index contributed by atoms with van der Waals surface area (Å²) < 4.78 is 15.9. The molecule has 0 unspecified atom stereocenters. The molecule has 1 heterocycles. The average molecular weight is 276 g/mol. The molecule has 0 atom stereocenters. The summed E-state index contributed by atoms with van der Waals surface area (Å²) in [5, 5.41) is 0.0918. The fourth-order valence-electron chi connectivity index (χ4n) is 2.19. The Labute approximate surface area is 114 Å². The highest BCUT2D eigenvalue weighted by atomic mass is 35.5. The van der Waals surface area contributed by atoms with Crippen LogP contribution in [0.2, 0.25) is 5.02 Å². The van der Waals surface area contributed by atoms with Crippen molar-refractivity contribution in [2.75, 3.05) is 5.73 Å². The Morgan fingerprint density at radius 3 is 2.84 bits per heavy atom. The number of benzene rings is 2. The number of nitrogens with zero attached hydrogens (tertiary/aromatic N) is 2. The van der Waals surface area contributed by atoms with E-state index in [0.29, 0.717) is 17.2 Å². The molecule has 3 rings (SSSR count). The van der Waals surface area contributed by atoms with E-state index in [1.165, 1.54) is 6.07 Å². The van der Waals surface area contributed by atoms with Gasteiger partial charge in [0, 0.05) is 5.69 Å². The van der Waals surface area contributed by atoms with Gasteiger partial charge in [0.2, 0.25) is 0 Å². The molecule has 0 aliphatic carbocycles. The largest absolute Gasteiger partial charge is 0.399 e. The average Bonchev–Trinajstić information content (AvgIpc) is 2.68. The zero-order valence-corrected chi connectivity index (χ0v) is 10.9. The molecule has 0 bridgehead atoms. The van der Waals surface area contributed by atoms with Crippen LogP contribution in [0.3, 0.4) is 0 Å². The first-order valence-corrected chi connectivity index (χ1v) is 6.14. The molecule has 0 spiro atoms. The van der Waals surface area contributed by atoms with Gasteiger partial charge in [0.1, 0.15) is 5.82 Å². The molecule has 1 aromatic heterocycles. The summed E-state index contributed by atoms with van der Waals surface area (Å²) in [5.74, 6) is 0.227. The number of aryl methyl sites for hydroxylation is 1. The minimum Gasteiger partial charge on any atom is -0.399 e. The zero-order valence-electron chi connectivity index (χ0n) is 10.2. The number of rotatable bonds is 1. The van der Waals surface area contributed by atoms with Gasteiger partial charge in [0.25, 0.3) is 0 Å². The molecule has 2 aromatic carbocycles. The highest BCUT2D eigenvalue weighted by molar-refractivity contribution is 6.30. The van der Waals surface area contributed by atoms with Gasteiger partial charge >= 0.3 is 0 Å². The molecule has 0 saturated carbocycles. The summed E-state index contributed by atoms with van der Waals surface area (Å²) in [6.07, 6.45) is 0. The number of aromatic nitrogens is 2. The van der Waals surface area contributed by atoms with Crippen LogP contribution in [0, 0.1) is 12.7 Å². The molecular formula is C14H11ClFN3. The maximum absolute atomic E-state index is 14.1. The van der Waals surface area contributed by atoms with Gasteiger partial charge in [-0.25, -0.2) is 9.37 Å². The molecule has 0 aliphatic rings. The van der Waals surface area contributed by atoms with Crippen LogP contribution in [0.5, 0.6) is 0 Å². The van der Waals surface area contributed by atoms with Gasteiger partial charge in [-0.05, 0) is 37.3 Å². The first-order valence-electron chi connectivity index (χ1n) is 5.77. The molecule has 2 N–H and O–H groups in total. The lowest BCUT2D eigenvalue weighted by Crippen LogP contribution is -2.00. The van der Waals surface area contributed by atoms with Crippen molar-refractivity contribution >= 4 is 28.3 Å². The van der Waals surface area contributed by atoms with Crippen LogP contribution in [0.25, 0.3) is 16.7 Å². The Balaban J connectivity index is 2.36. The molecule has 0 amide bonds. The molecule has 0 radical (unpaired) electrons. The topological polar surface area (TPSA) is 43.8 Å². The fourth-order valence-corrected chi connectivity index (χ4v) is 2.36. The van der Waals surface area contributed by atoms with Crippen molar-refractivity contribution in [1.82, 2.24) is 9.55 Å². The molecule has 0 saturated heterocycles. The van der Waals surface area contributed by atoms with E-state index < -0.39 is 5.82 Å². The van der Waals surface area contributed by atoms with Gasteiger partial charge in [-0.15, -0.1) is 0 Å². The second kappa shape index (κ2) is 4.24. The van der Waals surface area contributed by atoms with Crippen LogP contribution >= 0.6 is 11.6 Å². The number of hydrogen-bond donors (Lipinski definition) is 1. The van der Waals surface area contributed by atoms with Crippen LogP contribution in [0.1, 0.15) is 5.82 Å². The summed E-state index contributed by atoms with van der Waals surface area (Å²) >= 11 is 5.83. The third-order valence-electron chi connectivity index (χ3n) is 3.02. The smallest absolute Gasteiger partial charge is 0.165 e. The monoisotopic (exact) mass is 275 g/mol. The SMILES string of the molecule is Cc1nc2cc(N)ccc2n1-c1cccc(Cl)c1F. The first-order chi connectivity index (χ1) is 9.08. The predicted molar refractivity (Wildman–Crippen MR) is 75.2 cm³/mol. The number of anilines is 1. The molecule has 96 valence electrons. The van der Waals surface area contributed by atoms with Crippen molar-refractivity contribution in [2.45, 2.75) is 6.92 Å². The summed E-state index contributed by atoms with van der Waals surface area (Å²) in [6, 6.07) is 10.3. The summed E-state index contributed by atoms with van der Waals surface area (Å²) in [5.41, 5.74) is 8.28. The minimum atomic E-state index is -0.455. The Morgan fingerprint density at radius 1 is 1.26 bits per heavy atom. The third-order valence-corrected chi connectivity index (χ3v) is 3.31. The van der Waals surface area contributed by atoms with E-state index in [0.717, 1.165) is 11.0 Å². The molecule has 5 heteroatoms. The van der Waals surface area contributed by atoms with E-state index >= 15 is 0 Å². The number of nitrogens with two attached hydrogens (primary N) is 1. The van der Waals surface area contributed by atoms with Crippen LogP contribution in [-0.2, 0) is 0 Å². The quantitative estimate of drug-likeness (QED) is 0.688. The number of nitrogen functional groups attached to an aromatic ring is 1. The van der Waals surface area contributed by atoms with Gasteiger partial charge in [0.05, 0.1) is 21.7 Å². The Kier molecular flexibility index (Phi) is 2.68. The Bertz CT molecular complexity index is 780. The molecular weight excluding hydrogens is 265 g/mol. The molecule has 3 nitrogen and oxygen atoms in total. The van der Waals surface area contributed by atoms with Crippen molar-refractivity contribution < 1.29 is 4.39 Å². The number of halogens is 2. The highest BCUT2D eigenvalue weighted by Crippen LogP contribution is 2.27. The van der Waals surface area contributed by atoms with Crippen LogP contribution < -0.4 is 5.73 Å². The molecule has 19 heavy (non-hydrogen) atoms. The number of hydrogen-bond acceptors (Lipinski definition) is 2. The van der Waals surface area contributed by atoms with E-state index in [2.05, 4.69) is 4.98 Å². The lowest BCUT2D eigenvalue weighted by molar-refractivity contribution is 0.618. The van der Waals surface area contributed by atoms with E-state index in [-0.39, 0.29) is 5.02 Å². The van der Waals surface area contributed by atoms with Crippen molar-refractivity contribution in [3.8, 4) is 5.69 Å². The third kappa shape index (κ3) is 1.85. The normalized spacial score (nSPS) is 11.1. The highest BCUT2D eigenvalue weighted by Gasteiger charge is 2.14. The van der Waals surface area contributed by atoms with E-state index in [1.807, 2.05) is 13.0 Å². The van der Waals surface area contributed by atoms with Crippen LogP contribution in [0.15, 0.2) is 36.4 Å². The standard InChI is InChI=1S/C14H11ClFN3/c1-8-18-11-7-9(17)5-6-12(11)19(8)13-4-2-3-10(15)14(13)16/h2-7H,17H2,1H3. The lowest BCUT2D eigenvalue weighted by Gasteiger charge is -2.09. The predicted octanol–water partition coefficient (Wildman–Crippen LogP) is 3.71. The van der Waals surface area contributed by atoms with Crippen LogP contribution in [-0.4, -0.2) is 9.55 Å². The van der Waals surface area contributed by atoms with Crippen molar-refractivity contribution in [3.05, 3.63) is 53.1 Å².